The van der Waals surface area contributed by atoms with Crippen molar-refractivity contribution in [2.24, 2.45) is 0 Å². The molecule has 0 radical (unpaired) electrons. The van der Waals surface area contributed by atoms with Gasteiger partial charge in [0.1, 0.15) is 23.7 Å². The molecule has 0 heterocycles. The van der Waals surface area contributed by atoms with Crippen LogP contribution in [0.1, 0.15) is 43.2 Å². The summed E-state index contributed by atoms with van der Waals surface area (Å²) in [6, 6.07) is 34.0. The molecular weight excluding hydrogens is 825 g/mol. The number of ether oxygens (including phenoxy) is 4. The van der Waals surface area contributed by atoms with Gasteiger partial charge in [-0.1, -0.05) is 97.1 Å². The van der Waals surface area contributed by atoms with Crippen LogP contribution >= 0.6 is 0 Å². The molecule has 2 unspecified atom stereocenters. The fourth-order valence-corrected chi connectivity index (χ4v) is 9.49. The number of amides is 2. The summed E-state index contributed by atoms with van der Waals surface area (Å²) >= 11 is 0. The quantitative estimate of drug-likeness (QED) is 0.0453. The van der Waals surface area contributed by atoms with E-state index in [1.54, 1.807) is 36.4 Å². The third-order valence-electron chi connectivity index (χ3n) is 9.53. The summed E-state index contributed by atoms with van der Waals surface area (Å²) < 4.78 is 77.2. The molecule has 2 amide bonds. The lowest BCUT2D eigenvalue weighted by atomic mass is 10.2. The molecule has 0 saturated carbocycles. The predicted octanol–water partition coefficient (Wildman–Crippen LogP) is 5.87. The Bertz CT molecular complexity index is 1910. The van der Waals surface area contributed by atoms with Gasteiger partial charge in [0.25, 0.3) is 11.8 Å². The predicted molar refractivity (Wildman–Crippen MR) is 229 cm³/mol. The number of rotatable bonds is 30. The molecule has 4 aromatic carbocycles. The Morgan fingerprint density at radius 3 is 1.16 bits per heavy atom. The molecule has 4 aromatic rings. The fourth-order valence-electron chi connectivity index (χ4n) is 6.18. The average Bonchev–Trinajstić information content (AvgIpc) is 3.28. The Hall–Kier alpha value is -4.52. The van der Waals surface area contributed by atoms with Crippen LogP contribution in [0.15, 0.2) is 131 Å². The maximum Gasteiger partial charge on any atom is 0.264 e. The Labute approximate surface area is 360 Å². The normalized spacial score (nSPS) is 12.8. The maximum atomic E-state index is 14.3. The monoisotopic (exact) mass is 882 g/mol. The van der Waals surface area contributed by atoms with E-state index in [1.807, 2.05) is 60.7 Å². The van der Waals surface area contributed by atoms with Crippen LogP contribution < -0.4 is 0 Å². The van der Waals surface area contributed by atoms with E-state index < -0.39 is 42.0 Å². The van der Waals surface area contributed by atoms with Crippen molar-refractivity contribution < 1.29 is 55.0 Å². The number of carbonyl (C=O) groups excluding carboxylic acids is 2. The van der Waals surface area contributed by atoms with E-state index in [2.05, 4.69) is 0 Å². The number of carbonyl (C=O) groups is 2. The lowest BCUT2D eigenvalue weighted by Crippen LogP contribution is -2.44. The highest BCUT2D eigenvalue weighted by molar-refractivity contribution is 7.93. The number of benzene rings is 4. The number of hydroxylamine groups is 4. The van der Waals surface area contributed by atoms with E-state index >= 15 is 0 Å². The largest absolute Gasteiger partial charge is 0.382 e. The van der Waals surface area contributed by atoms with Crippen LogP contribution in [0.2, 0.25) is 0 Å². The molecule has 0 bridgehead atoms. The zero-order valence-electron chi connectivity index (χ0n) is 34.9. The van der Waals surface area contributed by atoms with Gasteiger partial charge in [-0.25, -0.2) is 27.0 Å². The lowest BCUT2D eigenvalue weighted by molar-refractivity contribution is -0.193. The SMILES string of the molecule is COCCOCCC(C(=O)N(CCCCCN(OCc1ccccc1)C(=O)C(CCOCCOC)S(=O)(=O)c1ccccc1)OCc1ccccc1)S(=O)(=O)c1ccccc1. The van der Waals surface area contributed by atoms with Gasteiger partial charge in [-0.2, -0.15) is 0 Å². The summed E-state index contributed by atoms with van der Waals surface area (Å²) in [5.74, 6) is -1.47. The van der Waals surface area contributed by atoms with Gasteiger partial charge in [0.05, 0.1) is 36.2 Å². The van der Waals surface area contributed by atoms with Gasteiger partial charge in [-0.15, -0.1) is 0 Å². The number of hydrogen-bond donors (Lipinski definition) is 0. The zero-order valence-corrected chi connectivity index (χ0v) is 36.6. The van der Waals surface area contributed by atoms with Gasteiger partial charge in [0.2, 0.25) is 0 Å². The number of sulfone groups is 2. The molecule has 16 heteroatoms. The average molecular weight is 883 g/mol. The molecule has 0 aliphatic heterocycles. The highest BCUT2D eigenvalue weighted by Crippen LogP contribution is 2.24. The molecule has 0 spiro atoms. The standard InChI is InChI=1S/C45H58N2O12S2/c1-54-32-34-56-30-26-42(60(50,51)40-22-12-5-13-23-40)44(48)46(58-36-38-18-8-3-9-19-38)28-16-7-17-29-47(59-37-39-20-10-4-11-21-39)45(49)43(27-31-57-35-33-55-2)61(52,53)41-24-14-6-15-25-41/h3-6,8-15,18-25,42-43H,7,16-17,26-37H2,1-2H3. The van der Waals surface area contributed by atoms with Crippen LogP contribution in [0, 0.1) is 0 Å². The van der Waals surface area contributed by atoms with E-state index in [0.29, 0.717) is 32.5 Å². The van der Waals surface area contributed by atoms with Crippen molar-refractivity contribution in [2.75, 3.05) is 67.0 Å². The molecule has 0 N–H and O–H groups in total. The van der Waals surface area contributed by atoms with Crippen LogP contribution in [0.4, 0.5) is 0 Å². The molecule has 61 heavy (non-hydrogen) atoms. The van der Waals surface area contributed by atoms with E-state index in [0.717, 1.165) is 21.3 Å². The molecule has 0 aliphatic carbocycles. The van der Waals surface area contributed by atoms with Crippen molar-refractivity contribution >= 4 is 31.5 Å². The first-order valence-electron chi connectivity index (χ1n) is 20.3. The first kappa shape index (κ1) is 49.1. The number of unbranched alkanes of at least 4 members (excludes halogenated alkanes) is 2. The van der Waals surface area contributed by atoms with Gasteiger partial charge in [-0.3, -0.25) is 19.3 Å². The summed E-state index contributed by atoms with van der Waals surface area (Å²) in [6.45, 7) is 1.14. The van der Waals surface area contributed by atoms with Crippen LogP contribution in [0.25, 0.3) is 0 Å². The zero-order chi connectivity index (χ0) is 43.8. The summed E-state index contributed by atoms with van der Waals surface area (Å²) in [4.78, 5) is 40.7. The minimum Gasteiger partial charge on any atom is -0.382 e. The minimum absolute atomic E-state index is 0.00244. The molecule has 332 valence electrons. The van der Waals surface area contributed by atoms with Crippen LogP contribution in [-0.2, 0) is 71.1 Å². The Morgan fingerprint density at radius 1 is 0.475 bits per heavy atom. The Kier molecular flexibility index (Phi) is 21.5. The van der Waals surface area contributed by atoms with E-state index in [-0.39, 0.29) is 75.4 Å². The molecule has 4 rings (SSSR count). The lowest BCUT2D eigenvalue weighted by Gasteiger charge is -2.28. The van der Waals surface area contributed by atoms with Crippen molar-refractivity contribution in [1.29, 1.82) is 0 Å². The Morgan fingerprint density at radius 2 is 0.820 bits per heavy atom. The molecular formula is C45H58N2O12S2. The van der Waals surface area contributed by atoms with Gasteiger partial charge in [0, 0.05) is 40.5 Å². The van der Waals surface area contributed by atoms with E-state index in [9.17, 15) is 26.4 Å². The van der Waals surface area contributed by atoms with Crippen molar-refractivity contribution in [2.45, 2.75) is 65.6 Å². The van der Waals surface area contributed by atoms with E-state index in [4.69, 9.17) is 28.6 Å². The molecule has 0 saturated heterocycles. The van der Waals surface area contributed by atoms with Gasteiger partial charge < -0.3 is 18.9 Å². The second-order valence-electron chi connectivity index (χ2n) is 13.9. The summed E-state index contributed by atoms with van der Waals surface area (Å²) in [6.07, 6.45) is 0.894. The summed E-state index contributed by atoms with van der Waals surface area (Å²) in [5.41, 5.74) is 1.55. The second-order valence-corrected chi connectivity index (χ2v) is 18.2. The first-order chi connectivity index (χ1) is 29.6. The highest BCUT2D eigenvalue weighted by Gasteiger charge is 2.39. The molecule has 0 aliphatic rings. The highest BCUT2D eigenvalue weighted by atomic mass is 32.2. The fraction of sp³-hybridized carbons (Fsp3) is 0.422. The van der Waals surface area contributed by atoms with E-state index in [1.165, 1.54) is 38.5 Å². The van der Waals surface area contributed by atoms with Crippen LogP contribution in [-0.4, -0.2) is 116 Å². The number of hydrogen-bond acceptors (Lipinski definition) is 12. The van der Waals surface area contributed by atoms with Crippen LogP contribution in [0.5, 0.6) is 0 Å². The molecule has 0 fully saturated rings. The molecule has 2 atom stereocenters. The van der Waals surface area contributed by atoms with Crippen molar-refractivity contribution in [3.63, 3.8) is 0 Å². The summed E-state index contributed by atoms with van der Waals surface area (Å²) in [5, 5.41) is -0.799. The summed E-state index contributed by atoms with van der Waals surface area (Å²) in [7, 11) is -5.28. The van der Waals surface area contributed by atoms with Crippen molar-refractivity contribution in [3.05, 3.63) is 132 Å². The minimum atomic E-state index is -4.17. The van der Waals surface area contributed by atoms with Crippen molar-refractivity contribution in [1.82, 2.24) is 10.1 Å². The third kappa shape index (κ3) is 16.0. The van der Waals surface area contributed by atoms with Gasteiger partial charge in [0.15, 0.2) is 19.7 Å². The Balaban J connectivity index is 1.53. The van der Waals surface area contributed by atoms with Gasteiger partial charge >= 0.3 is 0 Å². The maximum absolute atomic E-state index is 14.3. The second kappa shape index (κ2) is 26.7. The first-order valence-corrected chi connectivity index (χ1v) is 23.4. The number of nitrogens with zero attached hydrogens (tertiary/aromatic N) is 2. The molecule has 14 nitrogen and oxygen atoms in total. The molecule has 0 aromatic heterocycles. The van der Waals surface area contributed by atoms with Crippen LogP contribution in [0.3, 0.4) is 0 Å². The topological polar surface area (TPSA) is 164 Å². The van der Waals surface area contributed by atoms with Crippen molar-refractivity contribution in [3.8, 4) is 0 Å². The smallest absolute Gasteiger partial charge is 0.264 e. The third-order valence-corrected chi connectivity index (χ3v) is 13.8. The number of methoxy groups -OCH3 is 2. The van der Waals surface area contributed by atoms with Gasteiger partial charge in [-0.05, 0) is 67.5 Å².